The molecule has 0 radical (unpaired) electrons. The van der Waals surface area contributed by atoms with Crippen LogP contribution in [0.3, 0.4) is 0 Å². The van der Waals surface area contributed by atoms with Gasteiger partial charge in [-0.05, 0) is 44.1 Å². The number of carbonyl (C=O) groups is 1. The van der Waals surface area contributed by atoms with E-state index in [1.54, 1.807) is 0 Å². The molecule has 0 saturated heterocycles. The average Bonchev–Trinajstić information content (AvgIpc) is 2.87. The number of aliphatic hydroxyl groups is 1. The smallest absolute Gasteiger partial charge is 0.305 e. The highest BCUT2D eigenvalue weighted by Gasteiger charge is 2.33. The zero-order chi connectivity index (χ0) is 16.3. The molecular weight excluding hydrogens is 276 g/mol. The van der Waals surface area contributed by atoms with Crippen LogP contribution >= 0.6 is 0 Å². The highest BCUT2D eigenvalue weighted by atomic mass is 16.5. The van der Waals surface area contributed by atoms with Crippen molar-refractivity contribution in [3.63, 3.8) is 0 Å². The van der Waals surface area contributed by atoms with Crippen LogP contribution in [-0.4, -0.2) is 23.8 Å². The Labute approximate surface area is 135 Å². The third-order valence-corrected chi connectivity index (χ3v) is 4.49. The average molecular weight is 308 g/mol. The summed E-state index contributed by atoms with van der Waals surface area (Å²) in [5, 5.41) is 10.8. The molecule has 0 aliphatic heterocycles. The van der Waals surface area contributed by atoms with Crippen molar-refractivity contribution in [2.24, 2.45) is 0 Å². The van der Waals surface area contributed by atoms with Crippen LogP contribution in [0.1, 0.15) is 77.6 Å². The second-order valence-corrected chi connectivity index (χ2v) is 6.23. The van der Waals surface area contributed by atoms with Crippen LogP contribution in [0, 0.1) is 0 Å². The molecule has 1 aliphatic rings. The minimum atomic E-state index is -0.565. The van der Waals surface area contributed by atoms with Crippen LogP contribution < -0.4 is 0 Å². The molecule has 0 aromatic rings. The molecule has 0 spiro atoms. The molecule has 1 N–H and O–H groups in total. The Morgan fingerprint density at radius 2 is 2.00 bits per heavy atom. The first-order valence-electron chi connectivity index (χ1n) is 8.76. The lowest BCUT2D eigenvalue weighted by molar-refractivity contribution is -0.140. The predicted octanol–water partition coefficient (Wildman–Crippen LogP) is 4.70. The van der Waals surface area contributed by atoms with Crippen LogP contribution in [-0.2, 0) is 9.53 Å². The van der Waals surface area contributed by atoms with Gasteiger partial charge >= 0.3 is 5.97 Å². The standard InChI is InChI=1S/C19H32O3/c1-3-4-8-12-17-13-11-16-19(17,21)15-10-7-5-6-9-14-18(20)22-2/h4,8,13,21H,3,5-7,9-12,14-16H2,1-2H3/b8-4-. The summed E-state index contributed by atoms with van der Waals surface area (Å²) in [6.07, 6.45) is 17.1. The SMILES string of the molecule is CC/C=C\CC1=CCCC1(O)CCCCCCCC(=O)OC. The molecule has 3 nitrogen and oxygen atoms in total. The van der Waals surface area contributed by atoms with E-state index in [1.807, 2.05) is 0 Å². The number of unbranched alkanes of at least 4 members (excludes halogenated alkanes) is 4. The topological polar surface area (TPSA) is 46.5 Å². The minimum Gasteiger partial charge on any atom is -0.469 e. The molecule has 0 heterocycles. The quantitative estimate of drug-likeness (QED) is 0.342. The van der Waals surface area contributed by atoms with Gasteiger partial charge in [0.2, 0.25) is 0 Å². The van der Waals surface area contributed by atoms with Gasteiger partial charge < -0.3 is 9.84 Å². The van der Waals surface area contributed by atoms with Gasteiger partial charge in [0.05, 0.1) is 12.7 Å². The van der Waals surface area contributed by atoms with Crippen molar-refractivity contribution < 1.29 is 14.6 Å². The summed E-state index contributed by atoms with van der Waals surface area (Å²) >= 11 is 0. The third kappa shape index (κ3) is 6.78. The van der Waals surface area contributed by atoms with Gasteiger partial charge in [0.1, 0.15) is 0 Å². The van der Waals surface area contributed by atoms with Crippen LogP contribution in [0.2, 0.25) is 0 Å². The number of methoxy groups -OCH3 is 1. The zero-order valence-corrected chi connectivity index (χ0v) is 14.3. The molecular formula is C19H32O3. The monoisotopic (exact) mass is 308 g/mol. The van der Waals surface area contributed by atoms with Crippen LogP contribution in [0.15, 0.2) is 23.8 Å². The number of rotatable bonds is 11. The molecule has 1 atom stereocenters. The van der Waals surface area contributed by atoms with Gasteiger partial charge in [0, 0.05) is 6.42 Å². The van der Waals surface area contributed by atoms with Crippen LogP contribution in [0.25, 0.3) is 0 Å². The summed E-state index contributed by atoms with van der Waals surface area (Å²) in [4.78, 5) is 11.0. The molecule has 126 valence electrons. The molecule has 0 saturated carbocycles. The maximum absolute atomic E-state index is 11.0. The summed E-state index contributed by atoms with van der Waals surface area (Å²) in [6, 6.07) is 0. The predicted molar refractivity (Wildman–Crippen MR) is 90.6 cm³/mol. The molecule has 0 bridgehead atoms. The summed E-state index contributed by atoms with van der Waals surface area (Å²) in [5.41, 5.74) is 0.646. The van der Waals surface area contributed by atoms with E-state index in [0.717, 1.165) is 64.2 Å². The maximum atomic E-state index is 11.0. The minimum absolute atomic E-state index is 0.116. The highest BCUT2D eigenvalue weighted by Crippen LogP contribution is 2.37. The Kier molecular flexibility index (Phi) is 9.14. The maximum Gasteiger partial charge on any atom is 0.305 e. The fraction of sp³-hybridized carbons (Fsp3) is 0.737. The van der Waals surface area contributed by atoms with Crippen LogP contribution in [0.4, 0.5) is 0 Å². The van der Waals surface area contributed by atoms with E-state index in [2.05, 4.69) is 29.9 Å². The number of hydrogen-bond acceptors (Lipinski definition) is 3. The summed E-state index contributed by atoms with van der Waals surface area (Å²) in [6.45, 7) is 2.13. The first-order valence-corrected chi connectivity index (χ1v) is 8.76. The normalized spacial score (nSPS) is 21.3. The zero-order valence-electron chi connectivity index (χ0n) is 14.3. The number of esters is 1. The summed E-state index contributed by atoms with van der Waals surface area (Å²) in [7, 11) is 1.44. The van der Waals surface area contributed by atoms with Crippen molar-refractivity contribution in [2.45, 2.75) is 83.2 Å². The molecule has 0 fully saturated rings. The Hall–Kier alpha value is -1.09. The van der Waals surface area contributed by atoms with Gasteiger partial charge in [-0.25, -0.2) is 0 Å². The van der Waals surface area contributed by atoms with Gasteiger partial charge in [-0.2, -0.15) is 0 Å². The first kappa shape index (κ1) is 19.0. The lowest BCUT2D eigenvalue weighted by Crippen LogP contribution is -2.27. The van der Waals surface area contributed by atoms with Crippen molar-refractivity contribution >= 4 is 5.97 Å². The van der Waals surface area contributed by atoms with Crippen molar-refractivity contribution in [3.05, 3.63) is 23.8 Å². The number of allylic oxidation sites excluding steroid dienone is 3. The van der Waals surface area contributed by atoms with E-state index in [9.17, 15) is 9.90 Å². The number of ether oxygens (including phenoxy) is 1. The molecule has 1 aliphatic carbocycles. The fourth-order valence-electron chi connectivity index (χ4n) is 3.09. The van der Waals surface area contributed by atoms with Crippen molar-refractivity contribution in [3.8, 4) is 0 Å². The highest BCUT2D eigenvalue weighted by molar-refractivity contribution is 5.68. The van der Waals surface area contributed by atoms with E-state index in [1.165, 1.54) is 12.7 Å². The largest absolute Gasteiger partial charge is 0.469 e. The van der Waals surface area contributed by atoms with Crippen molar-refractivity contribution in [2.75, 3.05) is 7.11 Å². The number of carbonyl (C=O) groups excluding carboxylic acids is 1. The van der Waals surface area contributed by atoms with E-state index in [0.29, 0.717) is 6.42 Å². The van der Waals surface area contributed by atoms with E-state index < -0.39 is 5.60 Å². The fourth-order valence-corrected chi connectivity index (χ4v) is 3.09. The molecule has 1 rings (SSSR count). The Bertz CT molecular complexity index is 384. The molecule has 0 amide bonds. The first-order chi connectivity index (χ1) is 10.6. The second-order valence-electron chi connectivity index (χ2n) is 6.23. The summed E-state index contributed by atoms with van der Waals surface area (Å²) < 4.78 is 4.63. The van der Waals surface area contributed by atoms with E-state index in [4.69, 9.17) is 0 Å². The Balaban J connectivity index is 2.16. The van der Waals surface area contributed by atoms with Crippen molar-refractivity contribution in [1.29, 1.82) is 0 Å². The molecule has 0 aromatic heterocycles. The third-order valence-electron chi connectivity index (χ3n) is 4.49. The van der Waals surface area contributed by atoms with Gasteiger partial charge in [-0.1, -0.05) is 50.8 Å². The van der Waals surface area contributed by atoms with Gasteiger partial charge in [-0.15, -0.1) is 0 Å². The Morgan fingerprint density at radius 1 is 1.27 bits per heavy atom. The van der Waals surface area contributed by atoms with Gasteiger partial charge in [0.15, 0.2) is 0 Å². The lowest BCUT2D eigenvalue weighted by atomic mass is 9.87. The number of hydrogen-bond donors (Lipinski definition) is 1. The van der Waals surface area contributed by atoms with E-state index >= 15 is 0 Å². The van der Waals surface area contributed by atoms with Gasteiger partial charge in [-0.3, -0.25) is 4.79 Å². The lowest BCUT2D eigenvalue weighted by Gasteiger charge is -2.26. The molecule has 3 heteroatoms. The molecule has 0 aromatic carbocycles. The molecule has 1 unspecified atom stereocenters. The van der Waals surface area contributed by atoms with Gasteiger partial charge in [0.25, 0.3) is 0 Å². The summed E-state index contributed by atoms with van der Waals surface area (Å²) in [5.74, 6) is -0.116. The van der Waals surface area contributed by atoms with E-state index in [-0.39, 0.29) is 5.97 Å². The Morgan fingerprint density at radius 3 is 2.73 bits per heavy atom. The second kappa shape index (κ2) is 10.6. The van der Waals surface area contributed by atoms with Crippen LogP contribution in [0.5, 0.6) is 0 Å². The van der Waals surface area contributed by atoms with Crippen molar-refractivity contribution in [1.82, 2.24) is 0 Å². The molecule has 22 heavy (non-hydrogen) atoms.